The average Bonchev–Trinajstić information content (AvgIpc) is 2.86. The van der Waals surface area contributed by atoms with Gasteiger partial charge in [0.25, 0.3) is 5.91 Å². The number of carbonyl (C=O) groups excluding carboxylic acids is 1. The topological polar surface area (TPSA) is 95.9 Å². The minimum absolute atomic E-state index is 0.0974. The van der Waals surface area contributed by atoms with Crippen LogP contribution in [0.1, 0.15) is 61.0 Å². The van der Waals surface area contributed by atoms with Crippen molar-refractivity contribution in [1.82, 2.24) is 5.32 Å². The van der Waals surface area contributed by atoms with Crippen molar-refractivity contribution in [2.75, 3.05) is 13.2 Å². The summed E-state index contributed by atoms with van der Waals surface area (Å²) in [6.45, 7) is 7.08. The first-order valence-electron chi connectivity index (χ1n) is 12.4. The Bertz CT molecular complexity index is 1150. The molecule has 3 aromatic rings. The molecule has 3 aromatic carbocycles. The van der Waals surface area contributed by atoms with Crippen molar-refractivity contribution in [3.63, 3.8) is 0 Å². The lowest BCUT2D eigenvalue weighted by molar-refractivity contribution is -0.136. The Morgan fingerprint density at radius 2 is 1.64 bits per heavy atom. The van der Waals surface area contributed by atoms with Crippen LogP contribution in [0.15, 0.2) is 66.7 Å². The first-order chi connectivity index (χ1) is 17.2. The van der Waals surface area contributed by atoms with Gasteiger partial charge in [0.05, 0.1) is 13.0 Å². The molecule has 0 heterocycles. The molecular formula is C30H35NO5. The Kier molecular flexibility index (Phi) is 9.51. The van der Waals surface area contributed by atoms with Gasteiger partial charge < -0.3 is 20.3 Å². The summed E-state index contributed by atoms with van der Waals surface area (Å²) in [7, 11) is 0. The predicted molar refractivity (Wildman–Crippen MR) is 142 cm³/mol. The second kappa shape index (κ2) is 12.8. The van der Waals surface area contributed by atoms with E-state index in [2.05, 4.69) is 38.2 Å². The van der Waals surface area contributed by atoms with Crippen LogP contribution in [0.3, 0.4) is 0 Å². The summed E-state index contributed by atoms with van der Waals surface area (Å²) in [6, 6.07) is 21.1. The van der Waals surface area contributed by atoms with Gasteiger partial charge >= 0.3 is 5.97 Å². The van der Waals surface area contributed by atoms with Gasteiger partial charge in [0.1, 0.15) is 11.5 Å². The molecule has 1 unspecified atom stereocenters. The number of aromatic hydroxyl groups is 1. The number of hydrogen-bond donors (Lipinski definition) is 3. The summed E-state index contributed by atoms with van der Waals surface area (Å²) in [5.41, 5.74) is 4.65. The maximum absolute atomic E-state index is 12.0. The van der Waals surface area contributed by atoms with Gasteiger partial charge in [-0.1, -0.05) is 57.2 Å². The van der Waals surface area contributed by atoms with E-state index in [1.165, 1.54) is 5.56 Å². The van der Waals surface area contributed by atoms with Crippen LogP contribution in [0.4, 0.5) is 0 Å². The van der Waals surface area contributed by atoms with Gasteiger partial charge in [-0.05, 0) is 65.6 Å². The first kappa shape index (κ1) is 26.8. The molecule has 1 atom stereocenters. The van der Waals surface area contributed by atoms with Crippen LogP contribution in [0.5, 0.6) is 11.5 Å². The third kappa shape index (κ3) is 7.87. The van der Waals surface area contributed by atoms with Crippen molar-refractivity contribution in [3.05, 3.63) is 83.4 Å². The minimum Gasteiger partial charge on any atom is -0.507 e. The molecule has 0 aliphatic carbocycles. The zero-order valence-electron chi connectivity index (χ0n) is 21.2. The average molecular weight is 490 g/mol. The Hall–Kier alpha value is -3.80. The van der Waals surface area contributed by atoms with Gasteiger partial charge in [-0.15, -0.1) is 0 Å². The van der Waals surface area contributed by atoms with E-state index in [9.17, 15) is 14.7 Å². The predicted octanol–water partition coefficient (Wildman–Crippen LogP) is 6.03. The normalized spacial score (nSPS) is 11.8. The summed E-state index contributed by atoms with van der Waals surface area (Å²) in [5, 5.41) is 21.8. The summed E-state index contributed by atoms with van der Waals surface area (Å²) in [5.74, 6) is 0.392. The van der Waals surface area contributed by atoms with Crippen LogP contribution in [-0.4, -0.2) is 35.2 Å². The van der Waals surface area contributed by atoms with Gasteiger partial charge in [0, 0.05) is 23.7 Å². The van der Waals surface area contributed by atoms with Crippen molar-refractivity contribution in [3.8, 4) is 22.6 Å². The highest BCUT2D eigenvalue weighted by atomic mass is 16.5. The third-order valence-corrected chi connectivity index (χ3v) is 6.16. The summed E-state index contributed by atoms with van der Waals surface area (Å²) < 4.78 is 5.93. The van der Waals surface area contributed by atoms with E-state index in [0.29, 0.717) is 29.8 Å². The van der Waals surface area contributed by atoms with Crippen LogP contribution >= 0.6 is 0 Å². The number of hydrogen-bond acceptors (Lipinski definition) is 4. The molecule has 0 aliphatic rings. The fourth-order valence-corrected chi connectivity index (χ4v) is 3.84. The number of carboxylic acid groups (broad SMARTS) is 1. The minimum atomic E-state index is -0.940. The van der Waals surface area contributed by atoms with Gasteiger partial charge in [0.15, 0.2) is 0 Å². The highest BCUT2D eigenvalue weighted by molar-refractivity contribution is 5.94. The van der Waals surface area contributed by atoms with Crippen LogP contribution in [0.25, 0.3) is 11.1 Å². The maximum Gasteiger partial charge on any atom is 0.305 e. The smallest absolute Gasteiger partial charge is 0.305 e. The fraction of sp³-hybridized carbons (Fsp3) is 0.333. The molecule has 1 amide bonds. The Balaban J connectivity index is 1.46. The van der Waals surface area contributed by atoms with E-state index in [1.54, 1.807) is 18.2 Å². The second-order valence-corrected chi connectivity index (χ2v) is 9.51. The van der Waals surface area contributed by atoms with Crippen LogP contribution in [0.2, 0.25) is 0 Å². The summed E-state index contributed by atoms with van der Waals surface area (Å²) >= 11 is 0. The number of carboxylic acids is 1. The lowest BCUT2D eigenvalue weighted by atomic mass is 9.98. The van der Waals surface area contributed by atoms with Crippen LogP contribution < -0.4 is 10.1 Å². The molecule has 3 rings (SSSR count). The van der Waals surface area contributed by atoms with Crippen molar-refractivity contribution in [2.24, 2.45) is 5.92 Å². The van der Waals surface area contributed by atoms with Crippen LogP contribution in [0, 0.1) is 5.92 Å². The molecule has 36 heavy (non-hydrogen) atoms. The molecular weight excluding hydrogens is 454 g/mol. The molecule has 0 aromatic heterocycles. The number of ether oxygens (including phenoxy) is 1. The van der Waals surface area contributed by atoms with E-state index in [-0.39, 0.29) is 24.6 Å². The second-order valence-electron chi connectivity index (χ2n) is 9.51. The van der Waals surface area contributed by atoms with E-state index in [0.717, 1.165) is 29.5 Å². The van der Waals surface area contributed by atoms with E-state index >= 15 is 0 Å². The molecule has 6 nitrogen and oxygen atoms in total. The maximum atomic E-state index is 12.0. The fourth-order valence-electron chi connectivity index (χ4n) is 3.84. The molecule has 6 heteroatoms. The van der Waals surface area contributed by atoms with Crippen molar-refractivity contribution >= 4 is 11.9 Å². The molecule has 3 N–H and O–H groups in total. The number of phenols is 1. The monoisotopic (exact) mass is 489 g/mol. The third-order valence-electron chi connectivity index (χ3n) is 6.16. The number of amides is 1. The molecule has 0 saturated carbocycles. The lowest BCUT2D eigenvalue weighted by Gasteiger charge is -2.15. The molecule has 0 bridgehead atoms. The number of carbonyl (C=O) groups is 2. The van der Waals surface area contributed by atoms with Gasteiger partial charge in [0.2, 0.25) is 0 Å². The summed E-state index contributed by atoms with van der Waals surface area (Å²) in [4.78, 5) is 22.6. The Labute approximate surface area is 212 Å². The molecule has 0 aliphatic heterocycles. The van der Waals surface area contributed by atoms with Crippen molar-refractivity contribution in [1.29, 1.82) is 0 Å². The highest BCUT2D eigenvalue weighted by Crippen LogP contribution is 2.33. The first-order valence-corrected chi connectivity index (χ1v) is 12.4. The molecule has 0 fully saturated rings. The molecule has 0 spiro atoms. The number of nitrogens with one attached hydrogen (secondary N) is 1. The highest BCUT2D eigenvalue weighted by Gasteiger charge is 2.10. The standard InChI is InChI=1S/C30H35NO5/c1-20(2)23-10-12-24(13-11-23)27-15-14-26(18-28(27)32)36-19-21(3)4-5-22-6-8-25(9-7-22)30(35)31-17-16-29(33)34/h6-15,18,20-21,32H,4-5,16-17,19H2,1-3H3,(H,31,35)(H,33,34). The van der Waals surface area contributed by atoms with Crippen molar-refractivity contribution < 1.29 is 24.5 Å². The number of aliphatic carboxylic acids is 1. The Morgan fingerprint density at radius 3 is 2.25 bits per heavy atom. The van der Waals surface area contributed by atoms with E-state index in [1.807, 2.05) is 36.4 Å². The molecule has 190 valence electrons. The number of rotatable bonds is 12. The van der Waals surface area contributed by atoms with Gasteiger partial charge in [-0.2, -0.15) is 0 Å². The number of benzene rings is 3. The number of phenolic OH excluding ortho intramolecular Hbond substituents is 1. The van der Waals surface area contributed by atoms with Gasteiger partial charge in [-0.3, -0.25) is 9.59 Å². The summed E-state index contributed by atoms with van der Waals surface area (Å²) in [6.07, 6.45) is 1.66. The Morgan fingerprint density at radius 1 is 0.944 bits per heavy atom. The molecule has 0 saturated heterocycles. The molecule has 0 radical (unpaired) electrons. The quantitative estimate of drug-likeness (QED) is 0.288. The van der Waals surface area contributed by atoms with E-state index < -0.39 is 5.97 Å². The zero-order chi connectivity index (χ0) is 26.1. The lowest BCUT2D eigenvalue weighted by Crippen LogP contribution is -2.25. The van der Waals surface area contributed by atoms with Crippen LogP contribution in [-0.2, 0) is 11.2 Å². The zero-order valence-corrected chi connectivity index (χ0v) is 21.2. The van der Waals surface area contributed by atoms with Gasteiger partial charge in [-0.25, -0.2) is 0 Å². The van der Waals surface area contributed by atoms with Crippen molar-refractivity contribution in [2.45, 2.75) is 46.0 Å². The largest absolute Gasteiger partial charge is 0.507 e. The SMILES string of the molecule is CC(CCc1ccc(C(=O)NCCC(=O)O)cc1)COc1ccc(-c2ccc(C(C)C)cc2)c(O)c1. The van der Waals surface area contributed by atoms with E-state index in [4.69, 9.17) is 9.84 Å². The number of aryl methyl sites for hydroxylation is 1.